The monoisotopic (exact) mass is 321 g/mol. The second-order valence-electron chi connectivity index (χ2n) is 5.96. The molecule has 1 aliphatic carbocycles. The molecule has 2 amide bonds. The van der Waals surface area contributed by atoms with Crippen LogP contribution in [0.15, 0.2) is 24.3 Å². The number of rotatable bonds is 6. The number of benzene rings is 1. The number of hydrogen-bond donors (Lipinski definition) is 2. The predicted octanol–water partition coefficient (Wildman–Crippen LogP) is 1.42. The van der Waals surface area contributed by atoms with Crippen LogP contribution in [0.3, 0.4) is 0 Å². The molecule has 0 aliphatic heterocycles. The molecule has 23 heavy (non-hydrogen) atoms. The highest BCUT2D eigenvalue weighted by Gasteiger charge is 2.33. The molecule has 1 aliphatic rings. The maximum Gasteiger partial charge on any atom is 0.239 e. The number of amides is 2. The Morgan fingerprint density at radius 3 is 2.57 bits per heavy atom. The zero-order valence-corrected chi connectivity index (χ0v) is 13.4. The minimum atomic E-state index is -0.310. The van der Waals surface area contributed by atoms with Crippen molar-refractivity contribution >= 4 is 11.8 Å². The molecule has 6 heteroatoms. The molecule has 3 N–H and O–H groups in total. The molecule has 2 unspecified atom stereocenters. The van der Waals surface area contributed by atoms with Crippen LogP contribution in [-0.2, 0) is 16.1 Å². The predicted molar refractivity (Wildman–Crippen MR) is 85.8 cm³/mol. The molecule has 0 saturated heterocycles. The van der Waals surface area contributed by atoms with Gasteiger partial charge in [0, 0.05) is 19.1 Å². The van der Waals surface area contributed by atoms with Gasteiger partial charge in [-0.3, -0.25) is 9.59 Å². The Labute approximate surface area is 136 Å². The average molecular weight is 321 g/mol. The van der Waals surface area contributed by atoms with Crippen LogP contribution < -0.4 is 11.1 Å². The molecule has 0 spiro atoms. The maximum absolute atomic E-state index is 12.8. The Hall–Kier alpha value is -1.95. The van der Waals surface area contributed by atoms with Gasteiger partial charge < -0.3 is 16.0 Å². The Morgan fingerprint density at radius 1 is 1.30 bits per heavy atom. The van der Waals surface area contributed by atoms with Gasteiger partial charge in [0.25, 0.3) is 0 Å². The first-order valence-electron chi connectivity index (χ1n) is 8.06. The zero-order valence-electron chi connectivity index (χ0n) is 13.4. The Balaban J connectivity index is 1.84. The lowest BCUT2D eigenvalue weighted by atomic mass is 10.0. The van der Waals surface area contributed by atoms with Gasteiger partial charge >= 0.3 is 0 Å². The molecule has 2 atom stereocenters. The van der Waals surface area contributed by atoms with Crippen LogP contribution in [0, 0.1) is 11.7 Å². The van der Waals surface area contributed by atoms with Crippen molar-refractivity contribution in [3.05, 3.63) is 35.6 Å². The van der Waals surface area contributed by atoms with Gasteiger partial charge in [0.15, 0.2) is 0 Å². The molecule has 0 aromatic heterocycles. The van der Waals surface area contributed by atoms with Crippen LogP contribution in [0.4, 0.5) is 4.39 Å². The number of halogens is 1. The lowest BCUT2D eigenvalue weighted by molar-refractivity contribution is -0.139. The molecule has 0 heterocycles. The lowest BCUT2D eigenvalue weighted by Gasteiger charge is -2.25. The Kier molecular flexibility index (Phi) is 6.10. The smallest absolute Gasteiger partial charge is 0.239 e. The quantitative estimate of drug-likeness (QED) is 0.832. The van der Waals surface area contributed by atoms with E-state index in [0.29, 0.717) is 13.1 Å². The zero-order chi connectivity index (χ0) is 16.8. The van der Waals surface area contributed by atoms with Crippen molar-refractivity contribution in [1.82, 2.24) is 10.2 Å². The summed E-state index contributed by atoms with van der Waals surface area (Å²) in [5, 5.41) is 2.75. The van der Waals surface area contributed by atoms with E-state index in [0.717, 1.165) is 24.8 Å². The fraction of sp³-hybridized carbons (Fsp3) is 0.529. The van der Waals surface area contributed by atoms with E-state index in [1.807, 2.05) is 6.92 Å². The Bertz CT molecular complexity index is 547. The topological polar surface area (TPSA) is 75.4 Å². The van der Waals surface area contributed by atoms with Crippen LogP contribution in [0.2, 0.25) is 0 Å². The first-order chi connectivity index (χ1) is 11.0. The van der Waals surface area contributed by atoms with Crippen molar-refractivity contribution in [3.8, 4) is 0 Å². The summed E-state index contributed by atoms with van der Waals surface area (Å²) in [5.41, 5.74) is 6.78. The summed E-state index contributed by atoms with van der Waals surface area (Å²) in [5.74, 6) is -0.735. The van der Waals surface area contributed by atoms with Gasteiger partial charge in [-0.2, -0.15) is 0 Å². The molecule has 1 aromatic rings. The number of hydrogen-bond acceptors (Lipinski definition) is 3. The third-order valence-electron chi connectivity index (χ3n) is 4.32. The highest BCUT2D eigenvalue weighted by molar-refractivity contribution is 5.86. The molecule has 0 bridgehead atoms. The van der Waals surface area contributed by atoms with Gasteiger partial charge in [-0.15, -0.1) is 0 Å². The number of nitrogens with one attached hydrogen (secondary N) is 1. The fourth-order valence-corrected chi connectivity index (χ4v) is 2.91. The molecule has 1 fully saturated rings. The van der Waals surface area contributed by atoms with Crippen LogP contribution in [0.25, 0.3) is 0 Å². The van der Waals surface area contributed by atoms with Crippen molar-refractivity contribution in [2.75, 3.05) is 13.1 Å². The van der Waals surface area contributed by atoms with Crippen molar-refractivity contribution in [2.24, 2.45) is 11.7 Å². The van der Waals surface area contributed by atoms with E-state index in [-0.39, 0.29) is 36.1 Å². The average Bonchev–Trinajstić information content (AvgIpc) is 2.97. The molecular weight excluding hydrogens is 297 g/mol. The molecule has 0 radical (unpaired) electrons. The lowest BCUT2D eigenvalue weighted by Crippen LogP contribution is -2.46. The van der Waals surface area contributed by atoms with Crippen LogP contribution >= 0.6 is 0 Å². The highest BCUT2D eigenvalue weighted by atomic mass is 19.1. The summed E-state index contributed by atoms with van der Waals surface area (Å²) in [6.07, 6.45) is 2.63. The summed E-state index contributed by atoms with van der Waals surface area (Å²) in [7, 11) is 0. The number of carbonyl (C=O) groups excluding carboxylic acids is 2. The second-order valence-corrected chi connectivity index (χ2v) is 5.96. The normalized spacial score (nSPS) is 20.3. The van der Waals surface area contributed by atoms with Gasteiger partial charge in [0.05, 0.1) is 12.5 Å². The van der Waals surface area contributed by atoms with E-state index in [4.69, 9.17) is 5.73 Å². The number of carbonyl (C=O) groups is 2. The number of nitrogens with two attached hydrogens (primary N) is 1. The van der Waals surface area contributed by atoms with Crippen LogP contribution in [-0.4, -0.2) is 35.8 Å². The summed E-state index contributed by atoms with van der Waals surface area (Å²) in [4.78, 5) is 26.1. The van der Waals surface area contributed by atoms with Gasteiger partial charge in [-0.25, -0.2) is 4.39 Å². The third kappa shape index (κ3) is 4.76. The van der Waals surface area contributed by atoms with E-state index in [1.54, 1.807) is 17.0 Å². The largest absolute Gasteiger partial charge is 0.350 e. The second kappa shape index (κ2) is 8.06. The standard InChI is InChI=1S/C17H24FN3O2/c1-2-21(17(23)14-4-3-5-15(14)19)11-16(22)20-10-12-6-8-13(18)9-7-12/h6-9,14-15H,2-5,10-11,19H2,1H3,(H,20,22). The van der Waals surface area contributed by atoms with E-state index < -0.39 is 0 Å². The number of likely N-dealkylation sites (N-methyl/N-ethyl adjacent to an activating group) is 1. The van der Waals surface area contributed by atoms with Crippen LogP contribution in [0.1, 0.15) is 31.7 Å². The molecule has 1 saturated carbocycles. The van der Waals surface area contributed by atoms with Gasteiger partial charge in [-0.05, 0) is 37.5 Å². The summed E-state index contributed by atoms with van der Waals surface area (Å²) in [6.45, 7) is 2.67. The van der Waals surface area contributed by atoms with Gasteiger partial charge in [0.1, 0.15) is 5.82 Å². The molecule has 5 nitrogen and oxygen atoms in total. The molecular formula is C17H24FN3O2. The fourth-order valence-electron chi connectivity index (χ4n) is 2.91. The van der Waals surface area contributed by atoms with Crippen molar-refractivity contribution in [2.45, 2.75) is 38.8 Å². The number of nitrogens with zero attached hydrogens (tertiary/aromatic N) is 1. The van der Waals surface area contributed by atoms with E-state index in [1.165, 1.54) is 12.1 Å². The van der Waals surface area contributed by atoms with Crippen molar-refractivity contribution in [3.63, 3.8) is 0 Å². The van der Waals surface area contributed by atoms with Crippen LogP contribution in [0.5, 0.6) is 0 Å². The SMILES string of the molecule is CCN(CC(=O)NCc1ccc(F)cc1)C(=O)C1CCCC1N. The van der Waals surface area contributed by atoms with E-state index in [2.05, 4.69) is 5.32 Å². The summed E-state index contributed by atoms with van der Waals surface area (Å²) in [6, 6.07) is 5.85. The Morgan fingerprint density at radius 2 is 2.00 bits per heavy atom. The summed E-state index contributed by atoms with van der Waals surface area (Å²) < 4.78 is 12.8. The summed E-state index contributed by atoms with van der Waals surface area (Å²) >= 11 is 0. The van der Waals surface area contributed by atoms with E-state index in [9.17, 15) is 14.0 Å². The van der Waals surface area contributed by atoms with Crippen molar-refractivity contribution < 1.29 is 14.0 Å². The minimum absolute atomic E-state index is 0.0275. The first kappa shape index (κ1) is 17.4. The third-order valence-corrected chi connectivity index (χ3v) is 4.32. The highest BCUT2D eigenvalue weighted by Crippen LogP contribution is 2.25. The molecule has 1 aromatic carbocycles. The molecule has 2 rings (SSSR count). The van der Waals surface area contributed by atoms with Gasteiger partial charge in [-0.1, -0.05) is 18.6 Å². The van der Waals surface area contributed by atoms with Gasteiger partial charge in [0.2, 0.25) is 11.8 Å². The maximum atomic E-state index is 12.8. The minimum Gasteiger partial charge on any atom is -0.350 e. The molecule has 126 valence electrons. The first-order valence-corrected chi connectivity index (χ1v) is 8.06. The van der Waals surface area contributed by atoms with E-state index >= 15 is 0 Å². The van der Waals surface area contributed by atoms with Crippen molar-refractivity contribution in [1.29, 1.82) is 0 Å².